The summed E-state index contributed by atoms with van der Waals surface area (Å²) in [7, 11) is 1.58. The molecular formula is C21H15BrN6O3. The van der Waals surface area contributed by atoms with Gasteiger partial charge in [-0.1, -0.05) is 33.2 Å². The molecule has 154 valence electrons. The van der Waals surface area contributed by atoms with Crippen LogP contribution in [0.4, 0.5) is 0 Å². The Morgan fingerprint density at radius 3 is 2.74 bits per heavy atom. The number of hydrogen-bond donors (Lipinski definition) is 0. The molecule has 5 aromatic rings. The second-order valence-corrected chi connectivity index (χ2v) is 7.58. The van der Waals surface area contributed by atoms with Crippen molar-refractivity contribution < 1.29 is 9.26 Å². The molecule has 0 aliphatic rings. The number of ether oxygens (including phenoxy) is 1. The SMILES string of the molecule is COc1ccccc1-c1noc(Cn2cnc3c(cnn3-c3ccc(Br)cc3)c2=O)n1. The first-order valence-electron chi connectivity index (χ1n) is 9.29. The zero-order chi connectivity index (χ0) is 21.4. The molecule has 0 aliphatic heterocycles. The number of halogens is 1. The van der Waals surface area contributed by atoms with Gasteiger partial charge in [0.05, 0.1) is 24.6 Å². The summed E-state index contributed by atoms with van der Waals surface area (Å²) in [6.07, 6.45) is 2.96. The van der Waals surface area contributed by atoms with Crippen LogP contribution < -0.4 is 10.3 Å². The van der Waals surface area contributed by atoms with E-state index in [1.54, 1.807) is 11.8 Å². The molecule has 0 spiro atoms. The fourth-order valence-electron chi connectivity index (χ4n) is 3.24. The molecule has 10 heteroatoms. The van der Waals surface area contributed by atoms with Crippen molar-refractivity contribution in [1.29, 1.82) is 0 Å². The minimum Gasteiger partial charge on any atom is -0.496 e. The lowest BCUT2D eigenvalue weighted by Crippen LogP contribution is -2.21. The van der Waals surface area contributed by atoms with Crippen molar-refractivity contribution in [3.63, 3.8) is 0 Å². The highest BCUT2D eigenvalue weighted by molar-refractivity contribution is 9.10. The Hall–Kier alpha value is -3.79. The van der Waals surface area contributed by atoms with Gasteiger partial charge in [0.1, 0.15) is 24.0 Å². The number of para-hydroxylation sites is 1. The minimum atomic E-state index is -0.245. The summed E-state index contributed by atoms with van der Waals surface area (Å²) in [6, 6.07) is 15.0. The van der Waals surface area contributed by atoms with Gasteiger partial charge in [0, 0.05) is 4.47 Å². The molecule has 3 aromatic heterocycles. The average Bonchev–Trinajstić information content (AvgIpc) is 3.44. The maximum absolute atomic E-state index is 13.0. The predicted octanol–water partition coefficient (Wildman–Crippen LogP) is 3.45. The zero-order valence-electron chi connectivity index (χ0n) is 16.3. The Labute approximate surface area is 184 Å². The largest absolute Gasteiger partial charge is 0.496 e. The summed E-state index contributed by atoms with van der Waals surface area (Å²) in [6.45, 7) is 0.0907. The molecule has 0 bridgehead atoms. The van der Waals surface area contributed by atoms with Crippen LogP contribution in [-0.2, 0) is 6.54 Å². The van der Waals surface area contributed by atoms with Crippen LogP contribution in [0.3, 0.4) is 0 Å². The van der Waals surface area contributed by atoms with E-state index in [-0.39, 0.29) is 18.0 Å². The van der Waals surface area contributed by atoms with E-state index in [1.165, 1.54) is 17.1 Å². The molecule has 31 heavy (non-hydrogen) atoms. The summed E-state index contributed by atoms with van der Waals surface area (Å²) in [5, 5.41) is 8.74. The van der Waals surface area contributed by atoms with Gasteiger partial charge in [-0.2, -0.15) is 10.1 Å². The zero-order valence-corrected chi connectivity index (χ0v) is 17.9. The molecule has 0 saturated heterocycles. The van der Waals surface area contributed by atoms with Gasteiger partial charge in [-0.3, -0.25) is 9.36 Å². The number of aromatic nitrogens is 6. The molecule has 0 aliphatic carbocycles. The van der Waals surface area contributed by atoms with Gasteiger partial charge in [0.15, 0.2) is 5.65 Å². The van der Waals surface area contributed by atoms with Gasteiger partial charge in [-0.05, 0) is 36.4 Å². The summed E-state index contributed by atoms with van der Waals surface area (Å²) < 4.78 is 14.7. The highest BCUT2D eigenvalue weighted by Gasteiger charge is 2.16. The van der Waals surface area contributed by atoms with Gasteiger partial charge < -0.3 is 9.26 Å². The van der Waals surface area contributed by atoms with Crippen LogP contribution in [0.1, 0.15) is 5.89 Å². The molecule has 0 saturated carbocycles. The smallest absolute Gasteiger partial charge is 0.264 e. The first kappa shape index (κ1) is 19.2. The van der Waals surface area contributed by atoms with Crippen molar-refractivity contribution in [2.24, 2.45) is 0 Å². The highest BCUT2D eigenvalue weighted by atomic mass is 79.9. The topological polar surface area (TPSA) is 101 Å². The Morgan fingerprint density at radius 1 is 1.13 bits per heavy atom. The second kappa shape index (κ2) is 7.80. The number of benzene rings is 2. The van der Waals surface area contributed by atoms with Crippen LogP contribution in [0.5, 0.6) is 5.75 Å². The Balaban J connectivity index is 1.47. The Bertz CT molecular complexity index is 1440. The maximum Gasteiger partial charge on any atom is 0.264 e. The van der Waals surface area contributed by atoms with Crippen LogP contribution in [0.15, 0.2) is 74.8 Å². The number of hydrogen-bond acceptors (Lipinski definition) is 7. The lowest BCUT2D eigenvalue weighted by atomic mass is 10.2. The Kier molecular flexibility index (Phi) is 4.83. The van der Waals surface area contributed by atoms with Gasteiger partial charge in [0.2, 0.25) is 11.7 Å². The maximum atomic E-state index is 13.0. The number of rotatable bonds is 5. The summed E-state index contributed by atoms with van der Waals surface area (Å²) >= 11 is 3.41. The van der Waals surface area contributed by atoms with Gasteiger partial charge >= 0.3 is 0 Å². The number of methoxy groups -OCH3 is 1. The van der Waals surface area contributed by atoms with Crippen molar-refractivity contribution in [2.75, 3.05) is 7.11 Å². The lowest BCUT2D eigenvalue weighted by Gasteiger charge is -2.05. The van der Waals surface area contributed by atoms with Crippen LogP contribution in [-0.4, -0.2) is 36.6 Å². The minimum absolute atomic E-state index is 0.0907. The number of nitrogens with zero attached hydrogens (tertiary/aromatic N) is 6. The molecule has 2 aromatic carbocycles. The molecule has 0 unspecified atom stereocenters. The molecule has 5 rings (SSSR count). The third kappa shape index (κ3) is 3.50. The van der Waals surface area contributed by atoms with Crippen molar-refractivity contribution in [3.05, 3.63) is 81.8 Å². The van der Waals surface area contributed by atoms with Crippen LogP contribution in [0, 0.1) is 0 Å². The van der Waals surface area contributed by atoms with E-state index in [0.717, 1.165) is 10.2 Å². The van der Waals surface area contributed by atoms with Crippen molar-refractivity contribution in [1.82, 2.24) is 29.5 Å². The van der Waals surface area contributed by atoms with E-state index < -0.39 is 0 Å². The van der Waals surface area contributed by atoms with Crippen molar-refractivity contribution >= 4 is 27.0 Å². The molecule has 0 fully saturated rings. The van der Waals surface area contributed by atoms with Crippen LogP contribution >= 0.6 is 15.9 Å². The molecule has 3 heterocycles. The average molecular weight is 479 g/mol. The van der Waals surface area contributed by atoms with Gasteiger partial charge in [-0.15, -0.1) is 0 Å². The van der Waals surface area contributed by atoms with E-state index in [0.29, 0.717) is 28.2 Å². The van der Waals surface area contributed by atoms with Gasteiger partial charge in [-0.25, -0.2) is 9.67 Å². The first-order valence-corrected chi connectivity index (χ1v) is 10.1. The molecule has 0 atom stereocenters. The molecular weight excluding hydrogens is 464 g/mol. The van der Waals surface area contributed by atoms with E-state index in [2.05, 4.69) is 36.2 Å². The van der Waals surface area contributed by atoms with Gasteiger partial charge in [0.25, 0.3) is 5.56 Å². The third-order valence-electron chi connectivity index (χ3n) is 4.75. The van der Waals surface area contributed by atoms with E-state index in [1.807, 2.05) is 48.5 Å². The van der Waals surface area contributed by atoms with Crippen molar-refractivity contribution in [2.45, 2.75) is 6.54 Å². The fraction of sp³-hybridized carbons (Fsp3) is 0.0952. The summed E-state index contributed by atoms with van der Waals surface area (Å²) in [5.41, 5.74) is 1.74. The highest BCUT2D eigenvalue weighted by Crippen LogP contribution is 2.27. The Morgan fingerprint density at radius 2 is 1.94 bits per heavy atom. The van der Waals surface area contributed by atoms with E-state index in [9.17, 15) is 4.79 Å². The predicted molar refractivity (Wildman–Crippen MR) is 116 cm³/mol. The van der Waals surface area contributed by atoms with E-state index in [4.69, 9.17) is 9.26 Å². The fourth-order valence-corrected chi connectivity index (χ4v) is 3.50. The molecule has 9 nitrogen and oxygen atoms in total. The normalized spacial score (nSPS) is 11.2. The lowest BCUT2D eigenvalue weighted by molar-refractivity contribution is 0.369. The molecule has 0 N–H and O–H groups in total. The standard InChI is InChI=1S/C21H15BrN6O3/c1-30-17-5-3-2-4-15(17)19-25-18(31-26-19)11-27-12-23-20-16(21(27)29)10-24-28(20)14-8-6-13(22)7-9-14/h2-10,12H,11H2,1H3. The number of fused-ring (bicyclic) bond motifs is 1. The van der Waals surface area contributed by atoms with Crippen LogP contribution in [0.2, 0.25) is 0 Å². The summed E-state index contributed by atoms with van der Waals surface area (Å²) in [4.78, 5) is 21.8. The first-order chi connectivity index (χ1) is 15.1. The van der Waals surface area contributed by atoms with Crippen LogP contribution in [0.25, 0.3) is 28.1 Å². The van der Waals surface area contributed by atoms with E-state index >= 15 is 0 Å². The summed E-state index contributed by atoms with van der Waals surface area (Å²) in [5.74, 6) is 1.30. The molecule has 0 amide bonds. The van der Waals surface area contributed by atoms with Crippen molar-refractivity contribution in [3.8, 4) is 22.8 Å². The quantitative estimate of drug-likeness (QED) is 0.381. The third-order valence-corrected chi connectivity index (χ3v) is 5.28. The molecule has 0 radical (unpaired) electrons. The monoisotopic (exact) mass is 478 g/mol. The second-order valence-electron chi connectivity index (χ2n) is 6.66.